The summed E-state index contributed by atoms with van der Waals surface area (Å²) in [6.45, 7) is 8.96. The Labute approximate surface area is 250 Å². The lowest BCUT2D eigenvalue weighted by Crippen LogP contribution is -2.13. The second kappa shape index (κ2) is 11.9. The number of carbonyl (C=O) groups is 1. The number of nitrogens with zero attached hydrogens (tertiary/aromatic N) is 3. The van der Waals surface area contributed by atoms with E-state index in [1.807, 2.05) is 78.2 Å². The van der Waals surface area contributed by atoms with Gasteiger partial charge in [-0.1, -0.05) is 67.2 Å². The number of carboxylic acid groups (broad SMARTS) is 1. The van der Waals surface area contributed by atoms with Gasteiger partial charge in [-0.2, -0.15) is 0 Å². The molecule has 1 N–H and O–H groups in total. The van der Waals surface area contributed by atoms with Crippen LogP contribution in [0.1, 0.15) is 46.3 Å². The first-order chi connectivity index (χ1) is 20.9. The van der Waals surface area contributed by atoms with Crippen LogP contribution in [0.3, 0.4) is 0 Å². The fourth-order valence-corrected chi connectivity index (χ4v) is 5.97. The Hall–Kier alpha value is -5.23. The van der Waals surface area contributed by atoms with Gasteiger partial charge in [0.05, 0.1) is 30.1 Å². The van der Waals surface area contributed by atoms with Crippen molar-refractivity contribution >= 4 is 33.2 Å². The van der Waals surface area contributed by atoms with Crippen LogP contribution in [0.15, 0.2) is 104 Å². The molecule has 0 atom stereocenters. The van der Waals surface area contributed by atoms with Crippen LogP contribution >= 0.6 is 0 Å². The van der Waals surface area contributed by atoms with E-state index in [0.29, 0.717) is 26.0 Å². The number of hydrogen-bond donors (Lipinski definition) is 1. The molecule has 0 amide bonds. The van der Waals surface area contributed by atoms with Crippen LogP contribution in [0.25, 0.3) is 38.4 Å². The summed E-state index contributed by atoms with van der Waals surface area (Å²) in [5, 5.41) is 13.7. The van der Waals surface area contributed by atoms with Crippen molar-refractivity contribution in [1.29, 1.82) is 0 Å². The second-order valence-corrected chi connectivity index (χ2v) is 10.8. The molecular weight excluding hydrogens is 534 g/mol. The van der Waals surface area contributed by atoms with Crippen LogP contribution in [0.5, 0.6) is 5.75 Å². The van der Waals surface area contributed by atoms with Crippen molar-refractivity contribution in [2.75, 3.05) is 6.61 Å². The molecule has 6 heteroatoms. The predicted octanol–water partition coefficient (Wildman–Crippen LogP) is 8.35. The van der Waals surface area contributed by atoms with Crippen LogP contribution in [-0.4, -0.2) is 32.2 Å². The van der Waals surface area contributed by atoms with Crippen molar-refractivity contribution in [2.45, 2.75) is 33.2 Å². The zero-order valence-electron chi connectivity index (χ0n) is 24.4. The summed E-state index contributed by atoms with van der Waals surface area (Å²) in [7, 11) is 0. The Morgan fingerprint density at radius 1 is 0.907 bits per heavy atom. The summed E-state index contributed by atoms with van der Waals surface area (Å²) in [5.74, 6) is -0.137. The number of ether oxygens (including phenoxy) is 1. The van der Waals surface area contributed by atoms with Crippen molar-refractivity contribution < 1.29 is 14.6 Å². The summed E-state index contributed by atoms with van der Waals surface area (Å²) in [5.41, 5.74) is 7.30. The van der Waals surface area contributed by atoms with E-state index >= 15 is 0 Å². The molecule has 0 aliphatic heterocycles. The molecule has 6 nitrogen and oxygen atoms in total. The first-order valence-electron chi connectivity index (χ1n) is 14.4. The monoisotopic (exact) mass is 567 g/mol. The van der Waals surface area contributed by atoms with Crippen LogP contribution in [0.2, 0.25) is 0 Å². The number of aromatic carboxylic acids is 1. The molecule has 0 saturated carbocycles. The smallest absolute Gasteiger partial charge is 0.352 e. The summed E-state index contributed by atoms with van der Waals surface area (Å²) < 4.78 is 8.13. The lowest BCUT2D eigenvalue weighted by Gasteiger charge is -2.16. The third kappa shape index (κ3) is 5.40. The molecule has 0 radical (unpaired) electrons. The Morgan fingerprint density at radius 3 is 2.47 bits per heavy atom. The van der Waals surface area contributed by atoms with E-state index in [0.717, 1.165) is 66.6 Å². The minimum absolute atomic E-state index is 0.275. The number of allylic oxidation sites excluding steroid dienone is 1. The molecule has 214 valence electrons. The first kappa shape index (κ1) is 27.9. The van der Waals surface area contributed by atoms with Gasteiger partial charge >= 0.3 is 5.97 Å². The van der Waals surface area contributed by atoms with E-state index in [9.17, 15) is 9.90 Å². The van der Waals surface area contributed by atoms with E-state index in [4.69, 9.17) is 4.74 Å². The van der Waals surface area contributed by atoms with Gasteiger partial charge in [-0.05, 0) is 73.0 Å². The lowest BCUT2D eigenvalue weighted by atomic mass is 9.94. The normalized spacial score (nSPS) is 11.2. The van der Waals surface area contributed by atoms with Crippen molar-refractivity contribution in [1.82, 2.24) is 14.5 Å². The maximum atomic E-state index is 13.0. The Balaban J connectivity index is 1.45. The van der Waals surface area contributed by atoms with Crippen molar-refractivity contribution in [3.63, 3.8) is 0 Å². The molecule has 0 spiro atoms. The summed E-state index contributed by atoms with van der Waals surface area (Å²) in [6, 6.07) is 27.9. The fourth-order valence-electron chi connectivity index (χ4n) is 5.97. The zero-order valence-corrected chi connectivity index (χ0v) is 24.4. The highest BCUT2D eigenvalue weighted by Crippen LogP contribution is 2.39. The van der Waals surface area contributed by atoms with E-state index < -0.39 is 5.97 Å². The maximum absolute atomic E-state index is 13.0. The van der Waals surface area contributed by atoms with Gasteiger partial charge in [0, 0.05) is 34.3 Å². The van der Waals surface area contributed by atoms with Gasteiger partial charge in [-0.25, -0.2) is 4.79 Å². The summed E-state index contributed by atoms with van der Waals surface area (Å²) in [4.78, 5) is 22.2. The minimum atomic E-state index is -0.967. The zero-order chi connectivity index (χ0) is 29.9. The van der Waals surface area contributed by atoms with Gasteiger partial charge in [-0.3, -0.25) is 9.97 Å². The largest absolute Gasteiger partial charge is 0.493 e. The van der Waals surface area contributed by atoms with Gasteiger partial charge in [-0.15, -0.1) is 0 Å². The molecule has 0 fully saturated rings. The third-order valence-electron chi connectivity index (χ3n) is 7.85. The van der Waals surface area contributed by atoms with Crippen molar-refractivity contribution in [3.05, 3.63) is 132 Å². The average Bonchev–Trinajstić information content (AvgIpc) is 3.33. The first-order valence-corrected chi connectivity index (χ1v) is 14.4. The van der Waals surface area contributed by atoms with Crippen LogP contribution in [0.4, 0.5) is 0 Å². The van der Waals surface area contributed by atoms with Gasteiger partial charge in [0.15, 0.2) is 0 Å². The number of para-hydroxylation sites is 1. The van der Waals surface area contributed by atoms with Crippen LogP contribution in [0, 0.1) is 6.92 Å². The SMILES string of the molecule is C=C(C)c1nccc(C)c1-c1cccc2c(CCCOc3cccc4ccccc34)c(C(=O)O)n(Cc3ccccn3)c12. The molecule has 0 saturated heterocycles. The Bertz CT molecular complexity index is 1970. The quantitative estimate of drug-likeness (QED) is 0.168. The Morgan fingerprint density at radius 2 is 1.67 bits per heavy atom. The van der Waals surface area contributed by atoms with Gasteiger partial charge in [0.25, 0.3) is 0 Å². The molecule has 0 aliphatic rings. The summed E-state index contributed by atoms with van der Waals surface area (Å²) >= 11 is 0. The van der Waals surface area contributed by atoms with Crippen LogP contribution < -0.4 is 4.74 Å². The maximum Gasteiger partial charge on any atom is 0.352 e. The molecule has 6 aromatic rings. The highest BCUT2D eigenvalue weighted by molar-refractivity contribution is 6.05. The van der Waals surface area contributed by atoms with Gasteiger partial charge in [0.2, 0.25) is 0 Å². The highest BCUT2D eigenvalue weighted by atomic mass is 16.5. The van der Waals surface area contributed by atoms with Gasteiger partial charge < -0.3 is 14.4 Å². The topological polar surface area (TPSA) is 77.2 Å². The number of rotatable bonds is 10. The van der Waals surface area contributed by atoms with E-state index in [-0.39, 0.29) is 5.69 Å². The average molecular weight is 568 g/mol. The van der Waals surface area contributed by atoms with Crippen molar-refractivity contribution in [3.8, 4) is 16.9 Å². The van der Waals surface area contributed by atoms with Gasteiger partial charge in [0.1, 0.15) is 11.4 Å². The van der Waals surface area contributed by atoms with E-state index in [1.54, 1.807) is 12.4 Å². The fraction of sp³-hybridized carbons (Fsp3) is 0.162. The number of carboxylic acids is 1. The second-order valence-electron chi connectivity index (χ2n) is 10.8. The molecule has 0 aliphatic carbocycles. The number of benzene rings is 3. The Kier molecular flexibility index (Phi) is 7.75. The highest BCUT2D eigenvalue weighted by Gasteiger charge is 2.26. The summed E-state index contributed by atoms with van der Waals surface area (Å²) in [6.07, 6.45) is 4.72. The molecule has 3 aromatic carbocycles. The predicted molar refractivity (Wildman–Crippen MR) is 173 cm³/mol. The molecule has 0 unspecified atom stereocenters. The molecule has 6 rings (SSSR count). The standard InChI is InChI=1S/C37H33N3O3/c1-24(2)34-33(25(3)19-21-39-34)31-16-9-15-29-30(17-10-22-43-32-18-8-12-26-11-4-5-14-28(26)32)36(37(41)42)40(35(29)31)23-27-13-6-7-20-38-27/h4-9,11-16,18-21H,1,10,17,22-23H2,2-3H3,(H,41,42). The number of hydrogen-bond acceptors (Lipinski definition) is 4. The molecular formula is C37H33N3O3. The van der Waals surface area contributed by atoms with Crippen molar-refractivity contribution in [2.24, 2.45) is 0 Å². The number of fused-ring (bicyclic) bond motifs is 2. The minimum Gasteiger partial charge on any atom is -0.493 e. The molecule has 3 aromatic heterocycles. The lowest BCUT2D eigenvalue weighted by molar-refractivity contribution is 0.0684. The molecule has 0 bridgehead atoms. The number of aromatic nitrogens is 3. The van der Waals surface area contributed by atoms with E-state index in [2.05, 4.69) is 41.7 Å². The van der Waals surface area contributed by atoms with E-state index in [1.165, 1.54) is 0 Å². The van der Waals surface area contributed by atoms with Crippen LogP contribution in [-0.2, 0) is 13.0 Å². The number of pyridine rings is 2. The number of aryl methyl sites for hydroxylation is 2. The molecule has 3 heterocycles. The molecule has 43 heavy (non-hydrogen) atoms. The third-order valence-corrected chi connectivity index (χ3v) is 7.85.